The van der Waals surface area contributed by atoms with Gasteiger partial charge in [-0.15, -0.1) is 0 Å². The van der Waals surface area contributed by atoms with Gasteiger partial charge >= 0.3 is 0 Å². The highest BCUT2D eigenvalue weighted by Gasteiger charge is 2.20. The molecule has 0 radical (unpaired) electrons. The molecule has 3 aromatic carbocycles. The fourth-order valence-electron chi connectivity index (χ4n) is 4.88. The number of aryl methyl sites for hydroxylation is 1. The largest absolute Gasteiger partial charge is 0.0651 e. The first-order valence-corrected chi connectivity index (χ1v) is 11.3. The Balaban J connectivity index is 1.38. The normalized spacial score (nSPS) is 19.8. The summed E-state index contributed by atoms with van der Waals surface area (Å²) < 4.78 is 0. The SMILES string of the molecule is CCc1ccc2cc(Cc3ccc(CC4CCC(CC)CC4)cc3)ccc2c1. The molecule has 28 heavy (non-hydrogen) atoms. The molecule has 1 fully saturated rings. The fourth-order valence-corrected chi connectivity index (χ4v) is 4.88. The summed E-state index contributed by atoms with van der Waals surface area (Å²) in [7, 11) is 0. The summed E-state index contributed by atoms with van der Waals surface area (Å²) >= 11 is 0. The first kappa shape index (κ1) is 19.2. The molecular formula is C28H34. The maximum atomic E-state index is 2.37. The summed E-state index contributed by atoms with van der Waals surface area (Å²) in [5, 5.41) is 2.71. The molecule has 0 heterocycles. The zero-order valence-electron chi connectivity index (χ0n) is 17.6. The summed E-state index contributed by atoms with van der Waals surface area (Å²) in [6.07, 6.45) is 10.5. The van der Waals surface area contributed by atoms with E-state index in [0.29, 0.717) is 0 Å². The highest BCUT2D eigenvalue weighted by molar-refractivity contribution is 5.83. The van der Waals surface area contributed by atoms with E-state index in [2.05, 4.69) is 74.5 Å². The van der Waals surface area contributed by atoms with E-state index >= 15 is 0 Å². The number of hydrogen-bond donors (Lipinski definition) is 0. The lowest BCUT2D eigenvalue weighted by molar-refractivity contribution is 0.268. The third kappa shape index (κ3) is 4.66. The Bertz CT molecular complexity index is 895. The quantitative estimate of drug-likeness (QED) is 0.416. The fraction of sp³-hybridized carbons (Fsp3) is 0.429. The Morgan fingerprint density at radius 1 is 0.607 bits per heavy atom. The van der Waals surface area contributed by atoms with Gasteiger partial charge in [0.2, 0.25) is 0 Å². The summed E-state index contributed by atoms with van der Waals surface area (Å²) in [5.41, 5.74) is 5.76. The molecule has 0 nitrogen and oxygen atoms in total. The molecule has 0 amide bonds. The summed E-state index contributed by atoms with van der Waals surface area (Å²) in [4.78, 5) is 0. The smallest absolute Gasteiger partial charge is 0.00255 e. The van der Waals surface area contributed by atoms with E-state index in [1.165, 1.54) is 71.6 Å². The molecule has 1 aliphatic rings. The average molecular weight is 371 g/mol. The third-order valence-corrected chi connectivity index (χ3v) is 6.88. The van der Waals surface area contributed by atoms with Gasteiger partial charge in [0.25, 0.3) is 0 Å². The molecular weight excluding hydrogens is 336 g/mol. The van der Waals surface area contributed by atoms with Crippen LogP contribution in [0.25, 0.3) is 10.8 Å². The first-order valence-electron chi connectivity index (χ1n) is 11.3. The van der Waals surface area contributed by atoms with Crippen LogP contribution in [0.4, 0.5) is 0 Å². The summed E-state index contributed by atoms with van der Waals surface area (Å²) in [6, 6.07) is 23.2. The highest BCUT2D eigenvalue weighted by atomic mass is 14.3. The number of benzene rings is 3. The topological polar surface area (TPSA) is 0 Å². The Kier molecular flexibility index (Phi) is 6.15. The van der Waals surface area contributed by atoms with Crippen molar-refractivity contribution < 1.29 is 0 Å². The Labute approximate surface area is 171 Å². The van der Waals surface area contributed by atoms with Crippen LogP contribution in [0.1, 0.15) is 68.2 Å². The van der Waals surface area contributed by atoms with Gasteiger partial charge in [0, 0.05) is 0 Å². The van der Waals surface area contributed by atoms with Gasteiger partial charge in [-0.25, -0.2) is 0 Å². The Hall–Kier alpha value is -2.08. The van der Waals surface area contributed by atoms with Crippen LogP contribution in [0.5, 0.6) is 0 Å². The minimum absolute atomic E-state index is 0.905. The minimum atomic E-state index is 0.905. The predicted molar refractivity (Wildman–Crippen MR) is 122 cm³/mol. The molecule has 146 valence electrons. The molecule has 0 aromatic heterocycles. The maximum absolute atomic E-state index is 2.37. The van der Waals surface area contributed by atoms with Crippen molar-refractivity contribution in [3.05, 3.63) is 82.9 Å². The molecule has 4 rings (SSSR count). The van der Waals surface area contributed by atoms with Crippen molar-refractivity contribution in [2.45, 2.75) is 65.2 Å². The highest BCUT2D eigenvalue weighted by Crippen LogP contribution is 2.32. The second kappa shape index (κ2) is 8.95. The maximum Gasteiger partial charge on any atom is -0.00255 e. The van der Waals surface area contributed by atoms with Crippen LogP contribution in [0.2, 0.25) is 0 Å². The molecule has 0 N–H and O–H groups in total. The second-order valence-electron chi connectivity index (χ2n) is 8.86. The Morgan fingerprint density at radius 2 is 1.14 bits per heavy atom. The molecule has 0 heteroatoms. The molecule has 0 spiro atoms. The van der Waals surface area contributed by atoms with Crippen LogP contribution in [-0.4, -0.2) is 0 Å². The van der Waals surface area contributed by atoms with Crippen LogP contribution in [0.3, 0.4) is 0 Å². The lowest BCUT2D eigenvalue weighted by Gasteiger charge is -2.27. The van der Waals surface area contributed by atoms with Crippen LogP contribution >= 0.6 is 0 Å². The predicted octanol–water partition coefficient (Wildman–Crippen LogP) is 7.75. The van der Waals surface area contributed by atoms with Crippen molar-refractivity contribution in [3.63, 3.8) is 0 Å². The first-order chi connectivity index (χ1) is 13.7. The van der Waals surface area contributed by atoms with E-state index in [1.54, 1.807) is 0 Å². The van der Waals surface area contributed by atoms with E-state index in [9.17, 15) is 0 Å². The third-order valence-electron chi connectivity index (χ3n) is 6.88. The zero-order chi connectivity index (χ0) is 19.3. The van der Waals surface area contributed by atoms with Gasteiger partial charge in [-0.1, -0.05) is 93.8 Å². The molecule has 0 saturated heterocycles. The van der Waals surface area contributed by atoms with Gasteiger partial charge in [-0.05, 0) is 77.0 Å². The van der Waals surface area contributed by atoms with Gasteiger partial charge in [-0.3, -0.25) is 0 Å². The van der Waals surface area contributed by atoms with Crippen LogP contribution in [0, 0.1) is 11.8 Å². The number of rotatable bonds is 6. The van der Waals surface area contributed by atoms with E-state index in [1.807, 2.05) is 0 Å². The summed E-state index contributed by atoms with van der Waals surface area (Å²) in [6.45, 7) is 4.57. The zero-order valence-corrected chi connectivity index (χ0v) is 17.6. The van der Waals surface area contributed by atoms with E-state index < -0.39 is 0 Å². The van der Waals surface area contributed by atoms with Crippen LogP contribution < -0.4 is 0 Å². The van der Waals surface area contributed by atoms with E-state index in [-0.39, 0.29) is 0 Å². The lowest BCUT2D eigenvalue weighted by atomic mass is 9.78. The van der Waals surface area contributed by atoms with Gasteiger partial charge < -0.3 is 0 Å². The van der Waals surface area contributed by atoms with Crippen LogP contribution in [0.15, 0.2) is 60.7 Å². The second-order valence-corrected chi connectivity index (χ2v) is 8.86. The molecule has 1 aliphatic carbocycles. The van der Waals surface area contributed by atoms with Crippen molar-refractivity contribution in [3.8, 4) is 0 Å². The van der Waals surface area contributed by atoms with Gasteiger partial charge in [0.15, 0.2) is 0 Å². The molecule has 0 unspecified atom stereocenters. The van der Waals surface area contributed by atoms with Crippen molar-refractivity contribution in [1.82, 2.24) is 0 Å². The molecule has 3 aromatic rings. The molecule has 0 bridgehead atoms. The van der Waals surface area contributed by atoms with Gasteiger partial charge in [0.1, 0.15) is 0 Å². The average Bonchev–Trinajstić information content (AvgIpc) is 2.75. The van der Waals surface area contributed by atoms with Gasteiger partial charge in [-0.2, -0.15) is 0 Å². The number of fused-ring (bicyclic) bond motifs is 1. The number of hydrogen-bond acceptors (Lipinski definition) is 0. The Morgan fingerprint density at radius 3 is 1.79 bits per heavy atom. The minimum Gasteiger partial charge on any atom is -0.0651 e. The lowest BCUT2D eigenvalue weighted by Crippen LogP contribution is -2.15. The molecule has 0 aliphatic heterocycles. The van der Waals surface area contributed by atoms with Crippen molar-refractivity contribution in [1.29, 1.82) is 0 Å². The van der Waals surface area contributed by atoms with Gasteiger partial charge in [0.05, 0.1) is 0 Å². The van der Waals surface area contributed by atoms with E-state index in [4.69, 9.17) is 0 Å². The van der Waals surface area contributed by atoms with Crippen molar-refractivity contribution >= 4 is 10.8 Å². The van der Waals surface area contributed by atoms with Crippen molar-refractivity contribution in [2.24, 2.45) is 11.8 Å². The monoisotopic (exact) mass is 370 g/mol. The van der Waals surface area contributed by atoms with Crippen LogP contribution in [-0.2, 0) is 19.3 Å². The molecule has 1 saturated carbocycles. The standard InChI is InChI=1S/C28H34/c1-3-21-5-7-23(8-6-21)17-24-9-11-25(12-10-24)18-26-14-16-27-19-22(4-2)13-15-28(27)20-26/h9-16,19-21,23H,3-8,17-18H2,1-2H3. The van der Waals surface area contributed by atoms with E-state index in [0.717, 1.165) is 24.7 Å². The molecule has 0 atom stereocenters. The van der Waals surface area contributed by atoms with Crippen molar-refractivity contribution in [2.75, 3.05) is 0 Å². The summed E-state index contributed by atoms with van der Waals surface area (Å²) in [5.74, 6) is 1.90.